The summed E-state index contributed by atoms with van der Waals surface area (Å²) in [7, 11) is 0. The van der Waals surface area contributed by atoms with Gasteiger partial charge in [-0.15, -0.1) is 0 Å². The van der Waals surface area contributed by atoms with Gasteiger partial charge in [-0.1, -0.05) is 65.5 Å². The van der Waals surface area contributed by atoms with Gasteiger partial charge < -0.3 is 9.47 Å². The van der Waals surface area contributed by atoms with Crippen LogP contribution in [0.1, 0.15) is 37.7 Å². The first-order valence-electron chi connectivity index (χ1n) is 7.02. The summed E-state index contributed by atoms with van der Waals surface area (Å²) in [5.41, 5.74) is 1.13. The van der Waals surface area contributed by atoms with E-state index in [2.05, 4.69) is 40.2 Å². The van der Waals surface area contributed by atoms with Crippen molar-refractivity contribution in [2.24, 2.45) is 5.92 Å². The van der Waals surface area contributed by atoms with Crippen LogP contribution in [0.2, 0.25) is 0 Å². The van der Waals surface area contributed by atoms with E-state index in [4.69, 9.17) is 9.47 Å². The summed E-state index contributed by atoms with van der Waals surface area (Å²) in [4.78, 5) is 0. The maximum atomic E-state index is 6.22. The Morgan fingerprint density at radius 1 is 1.11 bits per heavy atom. The summed E-state index contributed by atoms with van der Waals surface area (Å²) in [6.45, 7) is 0. The Morgan fingerprint density at radius 3 is 2.47 bits per heavy atom. The normalized spacial score (nSPS) is 27.5. The molecule has 1 aliphatic carbocycles. The van der Waals surface area contributed by atoms with Crippen molar-refractivity contribution in [3.8, 4) is 0 Å². The molecule has 19 heavy (non-hydrogen) atoms. The average molecular weight is 323 g/mol. The number of hydrogen-bond acceptors (Lipinski definition) is 2. The lowest BCUT2D eigenvalue weighted by molar-refractivity contribution is -0.203. The molecule has 1 saturated carbocycles. The lowest BCUT2D eigenvalue weighted by Crippen LogP contribution is -2.38. The van der Waals surface area contributed by atoms with E-state index in [1.807, 2.05) is 6.07 Å². The van der Waals surface area contributed by atoms with E-state index in [1.54, 1.807) is 6.26 Å². The molecule has 1 fully saturated rings. The molecule has 0 radical (unpaired) electrons. The van der Waals surface area contributed by atoms with Gasteiger partial charge in [0.25, 0.3) is 5.79 Å². The van der Waals surface area contributed by atoms with Crippen molar-refractivity contribution < 1.29 is 9.47 Å². The van der Waals surface area contributed by atoms with Crippen LogP contribution in [-0.4, -0.2) is 5.33 Å². The summed E-state index contributed by atoms with van der Waals surface area (Å²) in [6, 6.07) is 10.4. The standard InChI is InChI=1S/C16H19BrO2/c17-11-15-12-18-16(19-15,13-7-3-1-4-8-13)14-9-5-2-6-10-14/h1,3-4,7-8,12,14H,2,5-6,9-11H2. The first-order chi connectivity index (χ1) is 9.35. The Morgan fingerprint density at radius 2 is 1.84 bits per heavy atom. The van der Waals surface area contributed by atoms with Crippen molar-refractivity contribution in [2.75, 3.05) is 5.33 Å². The first kappa shape index (κ1) is 13.0. The minimum Gasteiger partial charge on any atom is -0.452 e. The molecule has 1 atom stereocenters. The van der Waals surface area contributed by atoms with Crippen LogP contribution in [-0.2, 0) is 15.3 Å². The van der Waals surface area contributed by atoms with Crippen molar-refractivity contribution >= 4 is 15.9 Å². The highest BCUT2D eigenvalue weighted by atomic mass is 79.9. The van der Waals surface area contributed by atoms with Gasteiger partial charge in [0.2, 0.25) is 0 Å². The van der Waals surface area contributed by atoms with Crippen LogP contribution in [0.5, 0.6) is 0 Å². The molecule has 1 unspecified atom stereocenters. The third kappa shape index (κ3) is 2.40. The Hall–Kier alpha value is -0.960. The molecule has 2 nitrogen and oxygen atoms in total. The fraction of sp³-hybridized carbons (Fsp3) is 0.500. The van der Waals surface area contributed by atoms with Gasteiger partial charge >= 0.3 is 0 Å². The second-order valence-electron chi connectivity index (χ2n) is 5.31. The third-order valence-electron chi connectivity index (χ3n) is 4.10. The van der Waals surface area contributed by atoms with E-state index in [1.165, 1.54) is 32.1 Å². The smallest absolute Gasteiger partial charge is 0.279 e. The lowest BCUT2D eigenvalue weighted by Gasteiger charge is -2.38. The van der Waals surface area contributed by atoms with E-state index < -0.39 is 5.79 Å². The number of ether oxygens (including phenoxy) is 2. The van der Waals surface area contributed by atoms with E-state index in [-0.39, 0.29) is 0 Å². The molecule has 1 aliphatic heterocycles. The molecule has 3 rings (SSSR count). The van der Waals surface area contributed by atoms with Gasteiger partial charge in [-0.3, -0.25) is 0 Å². The van der Waals surface area contributed by atoms with Crippen molar-refractivity contribution in [3.63, 3.8) is 0 Å². The molecular formula is C16H19BrO2. The number of allylic oxidation sites excluding steroid dienone is 1. The van der Waals surface area contributed by atoms with Crippen LogP contribution in [0.25, 0.3) is 0 Å². The molecule has 0 amide bonds. The minimum absolute atomic E-state index is 0.441. The molecule has 0 aromatic heterocycles. The number of halogens is 1. The zero-order valence-corrected chi connectivity index (χ0v) is 12.6. The zero-order chi connectivity index (χ0) is 13.1. The number of benzene rings is 1. The van der Waals surface area contributed by atoms with Crippen LogP contribution in [0.15, 0.2) is 42.4 Å². The number of rotatable bonds is 3. The predicted octanol–water partition coefficient (Wildman–Crippen LogP) is 4.70. The molecule has 1 aromatic rings. The third-order valence-corrected chi connectivity index (χ3v) is 4.65. The molecule has 0 saturated heterocycles. The second kappa shape index (κ2) is 5.58. The van der Waals surface area contributed by atoms with Crippen LogP contribution >= 0.6 is 15.9 Å². The highest BCUT2D eigenvalue weighted by Gasteiger charge is 2.48. The van der Waals surface area contributed by atoms with Crippen molar-refractivity contribution in [3.05, 3.63) is 47.9 Å². The van der Waals surface area contributed by atoms with E-state index in [0.717, 1.165) is 11.3 Å². The summed E-state index contributed by atoms with van der Waals surface area (Å²) >= 11 is 3.45. The van der Waals surface area contributed by atoms with Gasteiger partial charge in [0, 0.05) is 11.5 Å². The SMILES string of the molecule is BrCC1=COC(c2ccccc2)(C2CCCCC2)O1. The molecule has 1 heterocycles. The van der Waals surface area contributed by atoms with Gasteiger partial charge in [0.05, 0.1) is 5.33 Å². The molecule has 102 valence electrons. The number of alkyl halides is 1. The van der Waals surface area contributed by atoms with Crippen molar-refractivity contribution in [1.29, 1.82) is 0 Å². The second-order valence-corrected chi connectivity index (χ2v) is 5.87. The molecule has 0 bridgehead atoms. The average Bonchev–Trinajstić information content (AvgIpc) is 2.95. The van der Waals surface area contributed by atoms with Gasteiger partial charge in [0.15, 0.2) is 0 Å². The largest absolute Gasteiger partial charge is 0.452 e. The molecular weight excluding hydrogens is 304 g/mol. The van der Waals surface area contributed by atoms with Gasteiger partial charge in [-0.05, 0) is 12.8 Å². The number of hydrogen-bond donors (Lipinski definition) is 0. The molecule has 2 aliphatic rings. The van der Waals surface area contributed by atoms with Crippen LogP contribution in [0, 0.1) is 5.92 Å². The van der Waals surface area contributed by atoms with Crippen molar-refractivity contribution in [2.45, 2.75) is 37.9 Å². The Balaban J connectivity index is 1.92. The zero-order valence-electron chi connectivity index (χ0n) is 11.0. The molecule has 1 aromatic carbocycles. The Labute approximate surface area is 122 Å². The molecule has 0 N–H and O–H groups in total. The van der Waals surface area contributed by atoms with Gasteiger partial charge in [-0.25, -0.2) is 0 Å². The van der Waals surface area contributed by atoms with Crippen molar-refractivity contribution in [1.82, 2.24) is 0 Å². The first-order valence-corrected chi connectivity index (χ1v) is 8.14. The maximum Gasteiger partial charge on any atom is 0.279 e. The van der Waals surface area contributed by atoms with E-state index >= 15 is 0 Å². The summed E-state index contributed by atoms with van der Waals surface area (Å²) in [6.07, 6.45) is 8.01. The fourth-order valence-corrected chi connectivity index (χ4v) is 3.40. The minimum atomic E-state index is -0.592. The Bertz CT molecular complexity index is 451. The van der Waals surface area contributed by atoms with Crippen LogP contribution < -0.4 is 0 Å². The highest BCUT2D eigenvalue weighted by molar-refractivity contribution is 9.09. The maximum absolute atomic E-state index is 6.22. The lowest BCUT2D eigenvalue weighted by atomic mass is 9.80. The highest BCUT2D eigenvalue weighted by Crippen LogP contribution is 2.47. The van der Waals surface area contributed by atoms with Gasteiger partial charge in [-0.2, -0.15) is 0 Å². The van der Waals surface area contributed by atoms with Crippen LogP contribution in [0.3, 0.4) is 0 Å². The predicted molar refractivity (Wildman–Crippen MR) is 78.7 cm³/mol. The topological polar surface area (TPSA) is 18.5 Å². The van der Waals surface area contributed by atoms with Crippen LogP contribution in [0.4, 0.5) is 0 Å². The molecule has 0 spiro atoms. The monoisotopic (exact) mass is 322 g/mol. The Kier molecular flexibility index (Phi) is 3.83. The molecule has 3 heteroatoms. The van der Waals surface area contributed by atoms with E-state index in [0.29, 0.717) is 11.2 Å². The fourth-order valence-electron chi connectivity index (χ4n) is 3.15. The summed E-state index contributed by atoms with van der Waals surface area (Å²) in [5, 5.41) is 0.703. The van der Waals surface area contributed by atoms with Gasteiger partial charge in [0.1, 0.15) is 12.0 Å². The quantitative estimate of drug-likeness (QED) is 0.751. The summed E-state index contributed by atoms with van der Waals surface area (Å²) < 4.78 is 12.3. The summed E-state index contributed by atoms with van der Waals surface area (Å²) in [5.74, 6) is 0.732. The van der Waals surface area contributed by atoms with E-state index in [9.17, 15) is 0 Å².